The quantitative estimate of drug-likeness (QED) is 0.705. The van der Waals surface area contributed by atoms with E-state index >= 15 is 0 Å². The van der Waals surface area contributed by atoms with E-state index in [0.29, 0.717) is 6.10 Å². The predicted molar refractivity (Wildman–Crippen MR) is 67.8 cm³/mol. The molecule has 4 bridgehead atoms. The monoisotopic (exact) mass is 241 g/mol. The van der Waals surface area contributed by atoms with E-state index in [2.05, 4.69) is 11.1 Å². The minimum absolute atomic E-state index is 0.233. The molecule has 5 aliphatic rings. The lowest BCUT2D eigenvalue weighted by atomic mass is 9.50. The summed E-state index contributed by atoms with van der Waals surface area (Å²) in [5.74, 6) is 3.74. The number of hydrogen-bond donors (Lipinski definition) is 0. The first-order valence-electron chi connectivity index (χ1n) is 7.44. The fourth-order valence-electron chi connectivity index (χ4n) is 5.57. The Morgan fingerprint density at radius 1 is 1.06 bits per heavy atom. The first kappa shape index (κ1) is 9.96. The van der Waals surface area contributed by atoms with Gasteiger partial charge in [0, 0.05) is 18.0 Å². The van der Waals surface area contributed by atoms with Crippen LogP contribution in [-0.4, -0.2) is 10.6 Å². The van der Waals surface area contributed by atoms with Gasteiger partial charge in [-0.15, -0.1) is 0 Å². The molecule has 94 valence electrons. The van der Waals surface area contributed by atoms with Crippen molar-refractivity contribution in [2.75, 3.05) is 0 Å². The third-order valence-corrected chi connectivity index (χ3v) is 6.08. The van der Waals surface area contributed by atoms with Gasteiger partial charge in [-0.3, -0.25) is 4.98 Å². The van der Waals surface area contributed by atoms with E-state index in [-0.39, 0.29) is 5.60 Å². The number of rotatable bonds is 1. The summed E-state index contributed by atoms with van der Waals surface area (Å²) in [7, 11) is 0. The van der Waals surface area contributed by atoms with Crippen molar-refractivity contribution in [2.24, 2.45) is 23.7 Å². The van der Waals surface area contributed by atoms with Gasteiger partial charge in [0.1, 0.15) is 11.7 Å². The van der Waals surface area contributed by atoms with Crippen molar-refractivity contribution in [3.05, 3.63) is 30.1 Å². The van der Waals surface area contributed by atoms with Crippen LogP contribution in [0.2, 0.25) is 0 Å². The Bertz CT molecular complexity index is 455. The molecule has 1 atom stereocenters. The zero-order valence-corrected chi connectivity index (χ0v) is 10.6. The van der Waals surface area contributed by atoms with Crippen molar-refractivity contribution in [2.45, 2.75) is 43.8 Å². The summed E-state index contributed by atoms with van der Waals surface area (Å²) in [5, 5.41) is 0. The van der Waals surface area contributed by atoms with Crippen LogP contribution in [0.1, 0.15) is 43.8 Å². The Balaban J connectivity index is 1.52. The summed E-state index contributed by atoms with van der Waals surface area (Å²) in [5.41, 5.74) is 1.54. The van der Waals surface area contributed by atoms with Crippen LogP contribution in [0.15, 0.2) is 24.5 Å². The third kappa shape index (κ3) is 1.11. The average molecular weight is 241 g/mol. The Kier molecular flexibility index (Phi) is 1.75. The fraction of sp³-hybridized carbons (Fsp3) is 0.688. The van der Waals surface area contributed by atoms with Crippen LogP contribution < -0.4 is 0 Å². The normalized spacial score (nSPS) is 51.9. The number of nitrogens with zero attached hydrogens (tertiary/aromatic N) is 1. The third-order valence-electron chi connectivity index (χ3n) is 6.08. The van der Waals surface area contributed by atoms with Crippen molar-refractivity contribution in [3.63, 3.8) is 0 Å². The molecule has 1 aliphatic heterocycles. The summed E-state index contributed by atoms with van der Waals surface area (Å²) in [6.45, 7) is 0. The van der Waals surface area contributed by atoms with Crippen LogP contribution in [0.3, 0.4) is 0 Å². The van der Waals surface area contributed by atoms with E-state index in [0.717, 1.165) is 23.7 Å². The zero-order valence-electron chi connectivity index (χ0n) is 10.6. The first-order chi connectivity index (χ1) is 8.86. The SMILES string of the molecule is c1cncc(C2OC23C2CC4CC(C2)CC3C4)c1. The molecule has 0 amide bonds. The van der Waals surface area contributed by atoms with Crippen LogP contribution in [0, 0.1) is 23.7 Å². The standard InChI is InChI=1S/C16H19NO/c1-2-12(9-17-3-1)15-16(18-15)13-5-10-4-11(7-13)8-14(16)6-10/h1-3,9-11,13-15H,4-8H2. The van der Waals surface area contributed by atoms with Gasteiger partial charge in [0.05, 0.1) is 0 Å². The zero-order chi connectivity index (χ0) is 11.7. The summed E-state index contributed by atoms with van der Waals surface area (Å²) in [6, 6.07) is 4.23. The molecule has 1 unspecified atom stereocenters. The predicted octanol–water partition coefficient (Wildman–Crippen LogP) is 3.35. The molecule has 2 heteroatoms. The lowest BCUT2D eigenvalue weighted by Gasteiger charge is -2.53. The summed E-state index contributed by atoms with van der Waals surface area (Å²) >= 11 is 0. The summed E-state index contributed by atoms with van der Waals surface area (Å²) in [4.78, 5) is 4.26. The Labute approximate surface area is 108 Å². The second kappa shape index (κ2) is 3.16. The van der Waals surface area contributed by atoms with Gasteiger partial charge >= 0.3 is 0 Å². The van der Waals surface area contributed by atoms with Crippen LogP contribution in [0.25, 0.3) is 0 Å². The van der Waals surface area contributed by atoms with Crippen LogP contribution in [0.4, 0.5) is 0 Å². The van der Waals surface area contributed by atoms with Gasteiger partial charge in [0.2, 0.25) is 0 Å². The molecular weight excluding hydrogens is 222 g/mol. The molecule has 4 saturated carbocycles. The second-order valence-corrected chi connectivity index (χ2v) is 6.94. The largest absolute Gasteiger partial charge is 0.360 e. The van der Waals surface area contributed by atoms with E-state index < -0.39 is 0 Å². The topological polar surface area (TPSA) is 25.4 Å². The molecule has 1 aromatic heterocycles. The van der Waals surface area contributed by atoms with Crippen molar-refractivity contribution < 1.29 is 4.74 Å². The molecule has 5 fully saturated rings. The highest BCUT2D eigenvalue weighted by molar-refractivity contribution is 5.28. The molecule has 4 aliphatic carbocycles. The van der Waals surface area contributed by atoms with E-state index in [1.807, 2.05) is 18.5 Å². The molecule has 2 heterocycles. The maximum atomic E-state index is 6.33. The highest BCUT2D eigenvalue weighted by Crippen LogP contribution is 2.71. The summed E-state index contributed by atoms with van der Waals surface area (Å²) in [6.07, 6.45) is 11.5. The van der Waals surface area contributed by atoms with Crippen molar-refractivity contribution in [1.82, 2.24) is 4.98 Å². The first-order valence-corrected chi connectivity index (χ1v) is 7.44. The molecule has 0 radical (unpaired) electrons. The Morgan fingerprint density at radius 3 is 2.39 bits per heavy atom. The second-order valence-electron chi connectivity index (χ2n) is 6.94. The number of aromatic nitrogens is 1. The minimum atomic E-state index is 0.233. The molecule has 0 aromatic carbocycles. The van der Waals surface area contributed by atoms with Gasteiger partial charge in [-0.05, 0) is 61.8 Å². The number of ether oxygens (including phenoxy) is 1. The fourth-order valence-corrected chi connectivity index (χ4v) is 5.57. The lowest BCUT2D eigenvalue weighted by Crippen LogP contribution is -2.51. The molecule has 18 heavy (non-hydrogen) atoms. The number of hydrogen-bond acceptors (Lipinski definition) is 2. The maximum absolute atomic E-state index is 6.33. The maximum Gasteiger partial charge on any atom is 0.114 e. The highest BCUT2D eigenvalue weighted by Gasteiger charge is 2.71. The highest BCUT2D eigenvalue weighted by atomic mass is 16.6. The van der Waals surface area contributed by atoms with Gasteiger partial charge < -0.3 is 4.74 Å². The van der Waals surface area contributed by atoms with Crippen molar-refractivity contribution in [1.29, 1.82) is 0 Å². The van der Waals surface area contributed by atoms with Crippen LogP contribution >= 0.6 is 0 Å². The van der Waals surface area contributed by atoms with Crippen LogP contribution in [-0.2, 0) is 4.74 Å². The molecule has 1 aromatic rings. The van der Waals surface area contributed by atoms with E-state index in [4.69, 9.17) is 4.74 Å². The average Bonchev–Trinajstić information content (AvgIpc) is 3.13. The summed E-state index contributed by atoms with van der Waals surface area (Å²) < 4.78 is 6.33. The Hall–Kier alpha value is -0.890. The van der Waals surface area contributed by atoms with E-state index in [1.54, 1.807) is 0 Å². The molecule has 0 N–H and O–H groups in total. The van der Waals surface area contributed by atoms with Gasteiger partial charge in [-0.2, -0.15) is 0 Å². The van der Waals surface area contributed by atoms with Gasteiger partial charge in [0.15, 0.2) is 0 Å². The van der Waals surface area contributed by atoms with Gasteiger partial charge in [-0.1, -0.05) is 6.07 Å². The van der Waals surface area contributed by atoms with Gasteiger partial charge in [-0.25, -0.2) is 0 Å². The molecule has 1 spiro atoms. The van der Waals surface area contributed by atoms with Gasteiger partial charge in [0.25, 0.3) is 0 Å². The minimum Gasteiger partial charge on any atom is -0.360 e. The van der Waals surface area contributed by atoms with Crippen LogP contribution in [0.5, 0.6) is 0 Å². The molecule has 6 rings (SSSR count). The van der Waals surface area contributed by atoms with E-state index in [9.17, 15) is 0 Å². The van der Waals surface area contributed by atoms with Crippen molar-refractivity contribution >= 4 is 0 Å². The smallest absolute Gasteiger partial charge is 0.114 e. The molecular formula is C16H19NO. The van der Waals surface area contributed by atoms with Crippen molar-refractivity contribution in [3.8, 4) is 0 Å². The lowest BCUT2D eigenvalue weighted by molar-refractivity contribution is -0.0558. The van der Waals surface area contributed by atoms with E-state index in [1.165, 1.54) is 37.7 Å². The number of epoxide rings is 1. The molecule has 2 nitrogen and oxygen atoms in total. The molecule has 1 saturated heterocycles. The number of pyridine rings is 1. The Morgan fingerprint density at radius 2 is 1.78 bits per heavy atom.